The Kier molecular flexibility index (Phi) is 5.51. The number of hydrogen-bond donors (Lipinski definition) is 2. The van der Waals surface area contributed by atoms with E-state index in [-0.39, 0.29) is 12.4 Å². The normalized spacial score (nSPS) is 9.83. The molecule has 0 aliphatic heterocycles. The molecule has 0 unspecified atom stereocenters. The van der Waals surface area contributed by atoms with Crippen LogP contribution < -0.4 is 20.1 Å². The van der Waals surface area contributed by atoms with E-state index in [1.165, 1.54) is 13.3 Å². The van der Waals surface area contributed by atoms with Crippen molar-refractivity contribution in [2.75, 3.05) is 19.5 Å². The number of carbonyl (C=O) groups is 2. The van der Waals surface area contributed by atoms with E-state index in [1.807, 2.05) is 12.1 Å². The summed E-state index contributed by atoms with van der Waals surface area (Å²) in [5.74, 6) is -0.687. The van der Waals surface area contributed by atoms with Crippen LogP contribution in [0.3, 0.4) is 0 Å². The van der Waals surface area contributed by atoms with Crippen molar-refractivity contribution in [3.63, 3.8) is 0 Å². The average Bonchev–Trinajstić information content (AvgIpc) is 2.60. The molecule has 0 aliphatic carbocycles. The molecule has 0 fully saturated rings. The second-order valence-electron chi connectivity index (χ2n) is 4.51. The van der Waals surface area contributed by atoms with Crippen LogP contribution in [0, 0.1) is 0 Å². The maximum Gasteiger partial charge on any atom is 0.313 e. The quantitative estimate of drug-likeness (QED) is 0.813. The minimum Gasteiger partial charge on any atom is -0.496 e. The molecule has 2 aromatic rings. The molecule has 0 saturated carbocycles. The second-order valence-corrected chi connectivity index (χ2v) is 4.51. The standard InChI is InChI=1S/C16H17N3O4/c1-22-13-8-4-3-6-11(13)10-18-14(20)15(21)19-12-7-5-9-17-16(12)23-2/h3-9H,10H2,1-2H3,(H,18,20)(H,19,21). The zero-order chi connectivity index (χ0) is 16.7. The summed E-state index contributed by atoms with van der Waals surface area (Å²) in [6.45, 7) is 0.181. The Labute approximate surface area is 133 Å². The number of methoxy groups -OCH3 is 2. The molecule has 0 spiro atoms. The number of amides is 2. The summed E-state index contributed by atoms with van der Waals surface area (Å²) in [7, 11) is 2.97. The van der Waals surface area contributed by atoms with Crippen LogP contribution in [-0.4, -0.2) is 31.0 Å². The van der Waals surface area contributed by atoms with E-state index >= 15 is 0 Å². The van der Waals surface area contributed by atoms with Crippen molar-refractivity contribution >= 4 is 17.5 Å². The molecule has 0 atom stereocenters. The van der Waals surface area contributed by atoms with Crippen LogP contribution in [0.25, 0.3) is 0 Å². The van der Waals surface area contributed by atoms with Crippen molar-refractivity contribution in [1.82, 2.24) is 10.3 Å². The van der Waals surface area contributed by atoms with Gasteiger partial charge in [-0.2, -0.15) is 0 Å². The highest BCUT2D eigenvalue weighted by Gasteiger charge is 2.16. The Morgan fingerprint density at radius 3 is 2.57 bits per heavy atom. The number of carbonyl (C=O) groups excluding carboxylic acids is 2. The number of aromatic nitrogens is 1. The number of hydrogen-bond acceptors (Lipinski definition) is 5. The zero-order valence-electron chi connectivity index (χ0n) is 12.8. The lowest BCUT2D eigenvalue weighted by Crippen LogP contribution is -2.35. The topological polar surface area (TPSA) is 89.5 Å². The molecule has 7 heteroatoms. The van der Waals surface area contributed by atoms with Crippen molar-refractivity contribution < 1.29 is 19.1 Å². The monoisotopic (exact) mass is 315 g/mol. The highest BCUT2D eigenvalue weighted by molar-refractivity contribution is 6.39. The summed E-state index contributed by atoms with van der Waals surface area (Å²) in [6, 6.07) is 10.5. The third-order valence-corrected chi connectivity index (χ3v) is 3.05. The lowest BCUT2D eigenvalue weighted by atomic mass is 10.2. The van der Waals surface area contributed by atoms with Crippen molar-refractivity contribution in [2.24, 2.45) is 0 Å². The van der Waals surface area contributed by atoms with Crippen LogP contribution >= 0.6 is 0 Å². The molecule has 0 radical (unpaired) electrons. The number of para-hydroxylation sites is 1. The predicted octanol–water partition coefficient (Wildman–Crippen LogP) is 1.35. The van der Waals surface area contributed by atoms with Gasteiger partial charge >= 0.3 is 11.8 Å². The Balaban J connectivity index is 1.96. The van der Waals surface area contributed by atoms with E-state index < -0.39 is 11.8 Å². The highest BCUT2D eigenvalue weighted by atomic mass is 16.5. The molecule has 1 heterocycles. The summed E-state index contributed by atoms with van der Waals surface area (Å²) in [6.07, 6.45) is 1.52. The lowest BCUT2D eigenvalue weighted by Gasteiger charge is -2.10. The molecule has 0 bridgehead atoms. The first kappa shape index (κ1) is 16.3. The van der Waals surface area contributed by atoms with E-state index in [2.05, 4.69) is 15.6 Å². The molecule has 2 N–H and O–H groups in total. The number of anilines is 1. The molecular formula is C16H17N3O4. The maximum atomic E-state index is 11.9. The van der Waals surface area contributed by atoms with Gasteiger partial charge in [-0.05, 0) is 18.2 Å². The van der Waals surface area contributed by atoms with E-state index in [9.17, 15) is 9.59 Å². The molecule has 2 amide bonds. The lowest BCUT2D eigenvalue weighted by molar-refractivity contribution is -0.136. The summed E-state index contributed by atoms with van der Waals surface area (Å²) in [4.78, 5) is 27.8. The first-order chi connectivity index (χ1) is 11.2. The Morgan fingerprint density at radius 1 is 1.04 bits per heavy atom. The van der Waals surface area contributed by atoms with E-state index in [0.29, 0.717) is 11.4 Å². The smallest absolute Gasteiger partial charge is 0.313 e. The fourth-order valence-electron chi connectivity index (χ4n) is 1.93. The van der Waals surface area contributed by atoms with Gasteiger partial charge in [-0.1, -0.05) is 18.2 Å². The third kappa shape index (κ3) is 4.19. The van der Waals surface area contributed by atoms with Crippen molar-refractivity contribution in [1.29, 1.82) is 0 Å². The minimum absolute atomic E-state index is 0.181. The summed E-state index contributed by atoms with van der Waals surface area (Å²) < 4.78 is 10.2. The Morgan fingerprint density at radius 2 is 1.83 bits per heavy atom. The van der Waals surface area contributed by atoms with E-state index in [1.54, 1.807) is 31.4 Å². The molecule has 0 aliphatic rings. The predicted molar refractivity (Wildman–Crippen MR) is 84.3 cm³/mol. The van der Waals surface area contributed by atoms with Crippen LogP contribution in [0.4, 0.5) is 5.69 Å². The number of benzene rings is 1. The minimum atomic E-state index is -0.800. The SMILES string of the molecule is COc1ccccc1CNC(=O)C(=O)Nc1cccnc1OC. The molecule has 2 rings (SSSR count). The summed E-state index contributed by atoms with van der Waals surface area (Å²) in [5, 5.41) is 5.00. The molecular weight excluding hydrogens is 298 g/mol. The number of nitrogens with one attached hydrogen (secondary N) is 2. The van der Waals surface area contributed by atoms with Crippen LogP contribution in [0.1, 0.15) is 5.56 Å². The molecule has 7 nitrogen and oxygen atoms in total. The molecule has 120 valence electrons. The summed E-state index contributed by atoms with van der Waals surface area (Å²) >= 11 is 0. The Hall–Kier alpha value is -3.09. The second kappa shape index (κ2) is 7.79. The van der Waals surface area contributed by atoms with Gasteiger partial charge in [-0.15, -0.1) is 0 Å². The number of rotatable bonds is 5. The van der Waals surface area contributed by atoms with Gasteiger partial charge in [0.05, 0.1) is 14.2 Å². The van der Waals surface area contributed by atoms with Gasteiger partial charge < -0.3 is 20.1 Å². The van der Waals surface area contributed by atoms with Gasteiger partial charge in [-0.25, -0.2) is 4.98 Å². The van der Waals surface area contributed by atoms with Crippen molar-refractivity contribution in [2.45, 2.75) is 6.54 Å². The summed E-state index contributed by atoms with van der Waals surface area (Å²) in [5.41, 5.74) is 1.10. The van der Waals surface area contributed by atoms with Crippen molar-refractivity contribution in [3.8, 4) is 11.6 Å². The van der Waals surface area contributed by atoms with E-state index in [0.717, 1.165) is 5.56 Å². The average molecular weight is 315 g/mol. The fraction of sp³-hybridized carbons (Fsp3) is 0.188. The van der Waals surface area contributed by atoms with Gasteiger partial charge in [0.25, 0.3) is 0 Å². The largest absolute Gasteiger partial charge is 0.496 e. The van der Waals surface area contributed by atoms with E-state index in [4.69, 9.17) is 9.47 Å². The van der Waals surface area contributed by atoms with Gasteiger partial charge in [0.15, 0.2) is 0 Å². The van der Waals surface area contributed by atoms with Gasteiger partial charge in [0.2, 0.25) is 5.88 Å². The molecule has 1 aromatic carbocycles. The molecule has 0 saturated heterocycles. The molecule has 23 heavy (non-hydrogen) atoms. The maximum absolute atomic E-state index is 11.9. The number of ether oxygens (including phenoxy) is 2. The Bertz CT molecular complexity index is 703. The van der Waals surface area contributed by atoms with Crippen LogP contribution in [-0.2, 0) is 16.1 Å². The van der Waals surface area contributed by atoms with Gasteiger partial charge in [-0.3, -0.25) is 9.59 Å². The zero-order valence-corrected chi connectivity index (χ0v) is 12.8. The number of nitrogens with zero attached hydrogens (tertiary/aromatic N) is 1. The number of pyridine rings is 1. The van der Waals surface area contributed by atoms with Crippen LogP contribution in [0.5, 0.6) is 11.6 Å². The first-order valence-electron chi connectivity index (χ1n) is 6.85. The highest BCUT2D eigenvalue weighted by Crippen LogP contribution is 2.19. The third-order valence-electron chi connectivity index (χ3n) is 3.05. The fourth-order valence-corrected chi connectivity index (χ4v) is 1.93. The first-order valence-corrected chi connectivity index (χ1v) is 6.85. The van der Waals surface area contributed by atoms with Crippen molar-refractivity contribution in [3.05, 3.63) is 48.2 Å². The van der Waals surface area contributed by atoms with Crippen LogP contribution in [0.15, 0.2) is 42.6 Å². The van der Waals surface area contributed by atoms with Gasteiger partial charge in [0.1, 0.15) is 11.4 Å². The van der Waals surface area contributed by atoms with Crippen LogP contribution in [0.2, 0.25) is 0 Å². The van der Waals surface area contributed by atoms with Gasteiger partial charge in [0, 0.05) is 18.3 Å². The molecule has 1 aromatic heterocycles.